The molecule has 0 bridgehead atoms. The summed E-state index contributed by atoms with van der Waals surface area (Å²) in [6.07, 6.45) is 1.82. The van der Waals surface area contributed by atoms with Crippen molar-refractivity contribution in [3.63, 3.8) is 0 Å². The molecule has 3 aromatic carbocycles. The summed E-state index contributed by atoms with van der Waals surface area (Å²) in [5.41, 5.74) is 10.5. The van der Waals surface area contributed by atoms with Gasteiger partial charge in [-0.3, -0.25) is 4.79 Å². The largest absolute Gasteiger partial charge is 0.493 e. The number of hydrogen-bond donors (Lipinski definition) is 1. The van der Waals surface area contributed by atoms with E-state index in [4.69, 9.17) is 15.2 Å². The molecule has 2 N–H and O–H groups in total. The Morgan fingerprint density at radius 1 is 1.00 bits per heavy atom. The van der Waals surface area contributed by atoms with Gasteiger partial charge in [-0.15, -0.1) is 0 Å². The molecule has 3 aromatic rings. The second-order valence-corrected chi connectivity index (χ2v) is 7.87. The van der Waals surface area contributed by atoms with E-state index in [9.17, 15) is 4.79 Å². The lowest BCUT2D eigenvalue weighted by Crippen LogP contribution is -2.23. The maximum atomic E-state index is 13.0. The zero-order valence-electron chi connectivity index (χ0n) is 18.0. The standard InChI is InChI=1S/C26H28N2O3/c1-18(8-9-19-6-4-3-5-7-19)31-25-15-22(12-13-24(25)30-2)28-17-21-11-10-20(16-27)14-23(21)26(28)29/h3-7,10-15,18H,8-9,16-17,27H2,1-2H3. The van der Waals surface area contributed by atoms with E-state index in [1.807, 2.05) is 42.5 Å². The zero-order valence-corrected chi connectivity index (χ0v) is 18.0. The molecule has 4 rings (SSSR count). The van der Waals surface area contributed by atoms with Crippen LogP contribution in [0, 0.1) is 0 Å². The van der Waals surface area contributed by atoms with Crippen LogP contribution in [0.15, 0.2) is 66.7 Å². The van der Waals surface area contributed by atoms with Crippen LogP contribution in [0.1, 0.15) is 40.4 Å². The minimum atomic E-state index is -0.0152. The van der Waals surface area contributed by atoms with Gasteiger partial charge in [0.25, 0.3) is 5.91 Å². The van der Waals surface area contributed by atoms with Gasteiger partial charge in [0.05, 0.1) is 19.8 Å². The molecule has 1 unspecified atom stereocenters. The summed E-state index contributed by atoms with van der Waals surface area (Å²) in [5.74, 6) is 1.29. The number of carbonyl (C=O) groups is 1. The summed E-state index contributed by atoms with van der Waals surface area (Å²) in [5, 5.41) is 0. The number of amides is 1. The van der Waals surface area contributed by atoms with Crippen LogP contribution in [0.5, 0.6) is 11.5 Å². The second-order valence-electron chi connectivity index (χ2n) is 7.87. The van der Waals surface area contributed by atoms with Crippen molar-refractivity contribution in [1.29, 1.82) is 0 Å². The Morgan fingerprint density at radius 3 is 2.55 bits per heavy atom. The van der Waals surface area contributed by atoms with Gasteiger partial charge in [-0.1, -0.05) is 42.5 Å². The quantitative estimate of drug-likeness (QED) is 0.577. The Hall–Kier alpha value is -3.31. The molecular formula is C26H28N2O3. The van der Waals surface area contributed by atoms with E-state index in [2.05, 4.69) is 31.2 Å². The van der Waals surface area contributed by atoms with E-state index in [1.54, 1.807) is 12.0 Å². The molecule has 1 aliphatic heterocycles. The SMILES string of the molecule is COc1ccc(N2Cc3ccc(CN)cc3C2=O)cc1OC(C)CCc1ccccc1. The number of hydrogen-bond acceptors (Lipinski definition) is 4. The number of anilines is 1. The first kappa shape index (κ1) is 20.9. The highest BCUT2D eigenvalue weighted by molar-refractivity contribution is 6.10. The van der Waals surface area contributed by atoms with E-state index in [1.165, 1.54) is 5.56 Å². The molecule has 160 valence electrons. The Balaban J connectivity index is 1.50. The van der Waals surface area contributed by atoms with Gasteiger partial charge in [-0.25, -0.2) is 0 Å². The van der Waals surface area contributed by atoms with E-state index < -0.39 is 0 Å². The number of methoxy groups -OCH3 is 1. The molecule has 0 saturated heterocycles. The number of fused-ring (bicyclic) bond motifs is 1. The molecule has 0 fully saturated rings. The summed E-state index contributed by atoms with van der Waals surface area (Å²) in [7, 11) is 1.63. The Labute approximate surface area is 183 Å². The highest BCUT2D eigenvalue weighted by atomic mass is 16.5. The molecule has 1 atom stereocenters. The number of rotatable bonds is 8. The van der Waals surface area contributed by atoms with E-state index in [0.29, 0.717) is 24.6 Å². The fraction of sp³-hybridized carbons (Fsp3) is 0.269. The van der Waals surface area contributed by atoms with Crippen molar-refractivity contribution in [2.24, 2.45) is 5.73 Å². The van der Waals surface area contributed by atoms with Gasteiger partial charge in [-0.05, 0) is 54.7 Å². The van der Waals surface area contributed by atoms with Crippen LogP contribution >= 0.6 is 0 Å². The summed E-state index contributed by atoms with van der Waals surface area (Å²) in [6, 6.07) is 21.9. The van der Waals surface area contributed by atoms with Crippen molar-refractivity contribution >= 4 is 11.6 Å². The highest BCUT2D eigenvalue weighted by Gasteiger charge is 2.29. The first-order valence-corrected chi connectivity index (χ1v) is 10.6. The highest BCUT2D eigenvalue weighted by Crippen LogP contribution is 2.36. The van der Waals surface area contributed by atoms with Crippen molar-refractivity contribution in [3.8, 4) is 11.5 Å². The topological polar surface area (TPSA) is 64.8 Å². The molecular weight excluding hydrogens is 388 g/mol. The van der Waals surface area contributed by atoms with E-state index in [0.717, 1.165) is 35.2 Å². The molecule has 0 radical (unpaired) electrons. The van der Waals surface area contributed by atoms with Crippen LogP contribution in [0.25, 0.3) is 0 Å². The zero-order chi connectivity index (χ0) is 21.8. The lowest BCUT2D eigenvalue weighted by atomic mass is 10.1. The van der Waals surface area contributed by atoms with Gasteiger partial charge in [0, 0.05) is 23.9 Å². The van der Waals surface area contributed by atoms with Gasteiger partial charge in [0.2, 0.25) is 0 Å². The molecule has 0 saturated carbocycles. The molecule has 1 amide bonds. The number of benzene rings is 3. The van der Waals surface area contributed by atoms with Crippen LogP contribution in [0.2, 0.25) is 0 Å². The molecule has 31 heavy (non-hydrogen) atoms. The van der Waals surface area contributed by atoms with Crippen LogP contribution in [0.4, 0.5) is 5.69 Å². The monoisotopic (exact) mass is 416 g/mol. The first-order chi connectivity index (χ1) is 15.1. The minimum Gasteiger partial charge on any atom is -0.493 e. The third-order valence-electron chi connectivity index (χ3n) is 5.68. The van der Waals surface area contributed by atoms with Crippen molar-refractivity contribution in [2.75, 3.05) is 12.0 Å². The average Bonchev–Trinajstić information content (AvgIpc) is 3.14. The number of aryl methyl sites for hydroxylation is 1. The van der Waals surface area contributed by atoms with Crippen molar-refractivity contribution in [1.82, 2.24) is 0 Å². The van der Waals surface area contributed by atoms with E-state index >= 15 is 0 Å². The lowest BCUT2D eigenvalue weighted by Gasteiger charge is -2.21. The lowest BCUT2D eigenvalue weighted by molar-refractivity contribution is 0.0996. The number of ether oxygens (including phenoxy) is 2. The predicted molar refractivity (Wildman–Crippen MR) is 123 cm³/mol. The Morgan fingerprint density at radius 2 is 1.81 bits per heavy atom. The summed E-state index contributed by atoms with van der Waals surface area (Å²) in [4.78, 5) is 14.8. The number of nitrogens with zero attached hydrogens (tertiary/aromatic N) is 1. The van der Waals surface area contributed by atoms with Crippen LogP contribution in [-0.2, 0) is 19.5 Å². The Kier molecular flexibility index (Phi) is 6.23. The molecule has 0 spiro atoms. The van der Waals surface area contributed by atoms with Gasteiger partial charge in [0.15, 0.2) is 11.5 Å². The number of nitrogens with two attached hydrogens (primary N) is 1. The second kappa shape index (κ2) is 9.23. The summed E-state index contributed by atoms with van der Waals surface area (Å²) < 4.78 is 11.7. The van der Waals surface area contributed by atoms with Gasteiger partial charge >= 0.3 is 0 Å². The molecule has 0 aromatic heterocycles. The third kappa shape index (κ3) is 4.57. The maximum Gasteiger partial charge on any atom is 0.258 e. The minimum absolute atomic E-state index is 0.00273. The van der Waals surface area contributed by atoms with Crippen LogP contribution in [-0.4, -0.2) is 19.1 Å². The van der Waals surface area contributed by atoms with Crippen molar-refractivity contribution in [3.05, 3.63) is 89.0 Å². The summed E-state index contributed by atoms with van der Waals surface area (Å²) in [6.45, 7) is 3.01. The van der Waals surface area contributed by atoms with E-state index in [-0.39, 0.29) is 12.0 Å². The summed E-state index contributed by atoms with van der Waals surface area (Å²) >= 11 is 0. The fourth-order valence-electron chi connectivity index (χ4n) is 3.90. The fourth-order valence-corrected chi connectivity index (χ4v) is 3.90. The van der Waals surface area contributed by atoms with Crippen LogP contribution in [0.3, 0.4) is 0 Å². The molecule has 0 aliphatic carbocycles. The molecule has 1 heterocycles. The smallest absolute Gasteiger partial charge is 0.258 e. The normalized spacial score (nSPS) is 13.8. The molecule has 1 aliphatic rings. The van der Waals surface area contributed by atoms with Gasteiger partial charge < -0.3 is 20.1 Å². The first-order valence-electron chi connectivity index (χ1n) is 10.6. The Bertz CT molecular complexity index is 1070. The third-order valence-corrected chi connectivity index (χ3v) is 5.68. The molecule has 5 nitrogen and oxygen atoms in total. The molecule has 5 heteroatoms. The van der Waals surface area contributed by atoms with Crippen molar-refractivity contribution < 1.29 is 14.3 Å². The van der Waals surface area contributed by atoms with Crippen LogP contribution < -0.4 is 20.1 Å². The van der Waals surface area contributed by atoms with Gasteiger partial charge in [0.1, 0.15) is 0 Å². The maximum absolute atomic E-state index is 13.0. The van der Waals surface area contributed by atoms with Gasteiger partial charge in [-0.2, -0.15) is 0 Å². The number of carbonyl (C=O) groups excluding carboxylic acids is 1. The predicted octanol–water partition coefficient (Wildman–Crippen LogP) is 4.71. The average molecular weight is 417 g/mol. The van der Waals surface area contributed by atoms with Crippen molar-refractivity contribution in [2.45, 2.75) is 39.0 Å².